The topological polar surface area (TPSA) is 57.6 Å². The number of hydrogen-bond acceptors (Lipinski definition) is 3. The minimum absolute atomic E-state index is 0.0465. The van der Waals surface area contributed by atoms with E-state index in [2.05, 4.69) is 6.92 Å². The molecule has 1 aliphatic rings. The molecule has 0 spiro atoms. The lowest BCUT2D eigenvalue weighted by molar-refractivity contribution is 0.0696. The van der Waals surface area contributed by atoms with Gasteiger partial charge in [-0.25, -0.2) is 4.79 Å². The fourth-order valence-electron chi connectivity index (χ4n) is 2.87. The lowest BCUT2D eigenvalue weighted by atomic mass is 10.1. The number of aromatic carboxylic acids is 1. The molecule has 0 aromatic heterocycles. The van der Waals surface area contributed by atoms with Gasteiger partial charge in [-0.15, -0.1) is 0 Å². The molecule has 1 N–H and O–H groups in total. The quantitative estimate of drug-likeness (QED) is 0.923. The molecule has 0 aliphatic carbocycles. The molecule has 22 heavy (non-hydrogen) atoms. The van der Waals surface area contributed by atoms with Crippen LogP contribution >= 0.6 is 11.8 Å². The van der Waals surface area contributed by atoms with Crippen molar-refractivity contribution in [2.24, 2.45) is 0 Å². The maximum atomic E-state index is 12.8. The summed E-state index contributed by atoms with van der Waals surface area (Å²) in [4.78, 5) is 25.8. The van der Waals surface area contributed by atoms with Crippen molar-refractivity contribution in [3.63, 3.8) is 0 Å². The van der Waals surface area contributed by atoms with Crippen molar-refractivity contribution in [2.75, 3.05) is 18.8 Å². The first-order valence-corrected chi connectivity index (χ1v) is 8.82. The van der Waals surface area contributed by atoms with Gasteiger partial charge in [0, 0.05) is 23.9 Å². The van der Waals surface area contributed by atoms with E-state index >= 15 is 0 Å². The number of rotatable bonds is 4. The monoisotopic (exact) mass is 321 g/mol. The van der Waals surface area contributed by atoms with Crippen molar-refractivity contribution in [3.05, 3.63) is 34.9 Å². The number of hydrogen-bond donors (Lipinski definition) is 1. The first kappa shape index (κ1) is 16.9. The average Bonchev–Trinajstić information content (AvgIpc) is 2.72. The molecule has 1 saturated heterocycles. The summed E-state index contributed by atoms with van der Waals surface area (Å²) in [6.07, 6.45) is 3.32. The zero-order valence-corrected chi connectivity index (χ0v) is 14.0. The minimum Gasteiger partial charge on any atom is -0.478 e. The predicted octanol–water partition coefficient (Wildman–Crippen LogP) is 3.44. The van der Waals surface area contributed by atoms with Gasteiger partial charge in [-0.2, -0.15) is 11.8 Å². The maximum absolute atomic E-state index is 12.8. The molecule has 1 aromatic rings. The molecule has 4 nitrogen and oxygen atoms in total. The number of aryl methyl sites for hydroxylation is 1. The second kappa shape index (κ2) is 7.68. The standard InChI is InChI=1S/C17H23NO3S/c1-3-22-15-6-4-5-7-18(11-15)16(19)13-8-12(2)9-14(10-13)17(20)21/h8-10,15H,3-7,11H2,1-2H3,(H,20,21). The maximum Gasteiger partial charge on any atom is 0.335 e. The molecular formula is C17H23NO3S. The van der Waals surface area contributed by atoms with Gasteiger partial charge in [-0.1, -0.05) is 13.3 Å². The molecule has 1 aliphatic heterocycles. The largest absolute Gasteiger partial charge is 0.478 e. The van der Waals surface area contributed by atoms with Crippen molar-refractivity contribution in [2.45, 2.75) is 38.4 Å². The van der Waals surface area contributed by atoms with Gasteiger partial charge in [0.2, 0.25) is 0 Å². The van der Waals surface area contributed by atoms with Crippen LogP contribution in [0.15, 0.2) is 18.2 Å². The van der Waals surface area contributed by atoms with Crippen LogP contribution in [0.5, 0.6) is 0 Å². The number of nitrogens with zero attached hydrogens (tertiary/aromatic N) is 1. The molecular weight excluding hydrogens is 298 g/mol. The van der Waals surface area contributed by atoms with Gasteiger partial charge in [0.05, 0.1) is 5.56 Å². The SMILES string of the molecule is CCSC1CCCCN(C(=O)c2cc(C)cc(C(=O)O)c2)C1. The van der Waals surface area contributed by atoms with Crippen molar-refractivity contribution in [1.29, 1.82) is 0 Å². The Kier molecular flexibility index (Phi) is 5.89. The van der Waals surface area contributed by atoms with Gasteiger partial charge >= 0.3 is 5.97 Å². The Morgan fingerprint density at radius 2 is 2.00 bits per heavy atom. The molecule has 120 valence electrons. The third-order valence-electron chi connectivity index (χ3n) is 3.89. The first-order chi connectivity index (χ1) is 10.5. The van der Waals surface area contributed by atoms with Gasteiger partial charge in [0.25, 0.3) is 5.91 Å². The summed E-state index contributed by atoms with van der Waals surface area (Å²) in [5.74, 6) is 0.0168. The van der Waals surface area contributed by atoms with Crippen LogP contribution in [0, 0.1) is 6.92 Å². The number of carboxylic acids is 1. The van der Waals surface area contributed by atoms with E-state index in [-0.39, 0.29) is 11.5 Å². The Morgan fingerprint density at radius 1 is 1.27 bits per heavy atom. The minimum atomic E-state index is -0.993. The summed E-state index contributed by atoms with van der Waals surface area (Å²) in [6, 6.07) is 4.86. The van der Waals surface area contributed by atoms with Crippen LogP contribution in [0.25, 0.3) is 0 Å². The molecule has 0 bridgehead atoms. The molecule has 1 atom stereocenters. The fraction of sp³-hybridized carbons (Fsp3) is 0.529. The van der Waals surface area contributed by atoms with Crippen LogP contribution in [0.4, 0.5) is 0 Å². The third-order valence-corrected chi connectivity index (χ3v) is 5.08. The summed E-state index contributed by atoms with van der Waals surface area (Å²) in [5.41, 5.74) is 1.47. The second-order valence-corrected chi connectivity index (χ2v) is 7.29. The van der Waals surface area contributed by atoms with Crippen LogP contribution in [0.1, 0.15) is 52.5 Å². The van der Waals surface area contributed by atoms with E-state index in [4.69, 9.17) is 5.11 Å². The molecule has 1 unspecified atom stereocenters. The Bertz CT molecular complexity index is 559. The molecule has 1 aromatic carbocycles. The molecule has 0 saturated carbocycles. The number of carbonyl (C=O) groups is 2. The van der Waals surface area contributed by atoms with E-state index in [0.29, 0.717) is 10.8 Å². The molecule has 5 heteroatoms. The van der Waals surface area contributed by atoms with Crippen molar-refractivity contribution < 1.29 is 14.7 Å². The van der Waals surface area contributed by atoms with E-state index in [9.17, 15) is 9.59 Å². The highest BCUT2D eigenvalue weighted by Crippen LogP contribution is 2.23. The zero-order valence-electron chi connectivity index (χ0n) is 13.2. The molecule has 1 fully saturated rings. The number of thioether (sulfide) groups is 1. The second-order valence-electron chi connectivity index (χ2n) is 5.72. The predicted molar refractivity (Wildman–Crippen MR) is 89.8 cm³/mol. The highest BCUT2D eigenvalue weighted by atomic mass is 32.2. The van der Waals surface area contributed by atoms with Crippen LogP contribution < -0.4 is 0 Å². The van der Waals surface area contributed by atoms with E-state index in [0.717, 1.165) is 43.7 Å². The normalized spacial score (nSPS) is 18.8. The van der Waals surface area contributed by atoms with Gasteiger partial charge < -0.3 is 10.0 Å². The molecule has 2 rings (SSSR count). The summed E-state index contributed by atoms with van der Waals surface area (Å²) in [7, 11) is 0. The first-order valence-electron chi connectivity index (χ1n) is 7.77. The number of carboxylic acid groups (broad SMARTS) is 1. The summed E-state index contributed by atoms with van der Waals surface area (Å²) in [5, 5.41) is 9.64. The van der Waals surface area contributed by atoms with Crippen molar-refractivity contribution in [1.82, 2.24) is 4.90 Å². The highest BCUT2D eigenvalue weighted by Gasteiger charge is 2.23. The van der Waals surface area contributed by atoms with Crippen molar-refractivity contribution in [3.8, 4) is 0 Å². The fourth-order valence-corrected chi connectivity index (χ4v) is 3.96. The van der Waals surface area contributed by atoms with Crippen LogP contribution in [-0.4, -0.2) is 46.0 Å². The van der Waals surface area contributed by atoms with Crippen LogP contribution in [0.3, 0.4) is 0 Å². The van der Waals surface area contributed by atoms with Crippen molar-refractivity contribution >= 4 is 23.6 Å². The van der Waals surface area contributed by atoms with Gasteiger partial charge in [0.15, 0.2) is 0 Å². The molecule has 0 radical (unpaired) electrons. The summed E-state index contributed by atoms with van der Waals surface area (Å²) >= 11 is 1.91. The Hall–Kier alpha value is -1.49. The summed E-state index contributed by atoms with van der Waals surface area (Å²) in [6.45, 7) is 5.48. The lowest BCUT2D eigenvalue weighted by Gasteiger charge is -2.24. The number of carbonyl (C=O) groups excluding carboxylic acids is 1. The molecule has 1 amide bonds. The smallest absolute Gasteiger partial charge is 0.335 e. The van der Waals surface area contributed by atoms with E-state index in [1.807, 2.05) is 23.6 Å². The van der Waals surface area contributed by atoms with Gasteiger partial charge in [0.1, 0.15) is 0 Å². The van der Waals surface area contributed by atoms with Crippen LogP contribution in [-0.2, 0) is 0 Å². The Morgan fingerprint density at radius 3 is 2.68 bits per heavy atom. The lowest BCUT2D eigenvalue weighted by Crippen LogP contribution is -2.35. The van der Waals surface area contributed by atoms with E-state index < -0.39 is 5.97 Å². The van der Waals surface area contributed by atoms with E-state index in [1.165, 1.54) is 6.07 Å². The Balaban J connectivity index is 2.20. The number of benzene rings is 1. The van der Waals surface area contributed by atoms with Gasteiger partial charge in [-0.05, 0) is 49.3 Å². The summed E-state index contributed by atoms with van der Waals surface area (Å²) < 4.78 is 0. The number of amides is 1. The molecule has 1 heterocycles. The number of likely N-dealkylation sites (tertiary alicyclic amines) is 1. The third kappa shape index (κ3) is 4.26. The van der Waals surface area contributed by atoms with Gasteiger partial charge in [-0.3, -0.25) is 4.79 Å². The average molecular weight is 321 g/mol. The zero-order chi connectivity index (χ0) is 16.1. The van der Waals surface area contributed by atoms with Crippen LogP contribution in [0.2, 0.25) is 0 Å². The highest BCUT2D eigenvalue weighted by molar-refractivity contribution is 7.99. The Labute approximate surface area is 135 Å². The van der Waals surface area contributed by atoms with E-state index in [1.54, 1.807) is 12.1 Å².